The normalized spacial score (nSPS) is 14.7. The molecule has 0 rings (SSSR count). The van der Waals surface area contributed by atoms with Crippen molar-refractivity contribution >= 4 is 0 Å². The Morgan fingerprint density at radius 3 is 0.936 bits per heavy atom. The van der Waals surface area contributed by atoms with Crippen molar-refractivity contribution in [1.29, 1.82) is 0 Å². The number of hydrogen-bond acceptors (Lipinski definition) is 15. The van der Waals surface area contributed by atoms with Crippen LogP contribution >= 0.6 is 0 Å². The average Bonchev–Trinajstić information content (AvgIpc) is 3.06. The van der Waals surface area contributed by atoms with Crippen molar-refractivity contribution < 1.29 is 72.2 Å². The Balaban J connectivity index is 0. The second kappa shape index (κ2) is 39.8. The monoisotopic (exact) mass is 692 g/mol. The molecule has 0 saturated heterocycles. The molecule has 15 heteroatoms. The minimum absolute atomic E-state index is 0.0105. The fourth-order valence-electron chi connectivity index (χ4n) is 3.03. The molecular formula is C32H68O15. The number of aliphatic hydroxyl groups is 3. The number of ether oxygens (including phenoxy) is 12. The van der Waals surface area contributed by atoms with Gasteiger partial charge < -0.3 is 72.2 Å². The molecule has 5 atom stereocenters. The highest BCUT2D eigenvalue weighted by atomic mass is 16.6. The van der Waals surface area contributed by atoms with Crippen molar-refractivity contribution in [1.82, 2.24) is 0 Å². The molecule has 3 N–H and O–H groups in total. The quantitative estimate of drug-likeness (QED) is 0.0784. The second-order valence-electron chi connectivity index (χ2n) is 10.6. The Bertz CT molecular complexity index is 553. The molecule has 0 saturated carbocycles. The van der Waals surface area contributed by atoms with Gasteiger partial charge in [-0.3, -0.25) is 0 Å². The molecule has 0 aliphatic carbocycles. The third-order valence-corrected chi connectivity index (χ3v) is 5.62. The van der Waals surface area contributed by atoms with Crippen LogP contribution in [-0.2, 0) is 56.8 Å². The summed E-state index contributed by atoms with van der Waals surface area (Å²) in [5.41, 5.74) is 0. The second-order valence-corrected chi connectivity index (χ2v) is 10.6. The van der Waals surface area contributed by atoms with Crippen LogP contribution in [0.2, 0.25) is 0 Å². The lowest BCUT2D eigenvalue weighted by molar-refractivity contribution is -0.0936. The molecule has 47 heavy (non-hydrogen) atoms. The first-order chi connectivity index (χ1) is 22.8. The van der Waals surface area contributed by atoms with E-state index in [4.69, 9.17) is 72.2 Å². The zero-order chi connectivity index (χ0) is 35.2. The Morgan fingerprint density at radius 1 is 0.383 bits per heavy atom. The molecular weight excluding hydrogens is 624 g/mol. The van der Waals surface area contributed by atoms with Crippen molar-refractivity contribution in [2.24, 2.45) is 0 Å². The molecule has 0 heterocycles. The van der Waals surface area contributed by atoms with Crippen molar-refractivity contribution in [3.63, 3.8) is 0 Å². The van der Waals surface area contributed by atoms with Crippen LogP contribution in [0, 0.1) is 0 Å². The fourth-order valence-corrected chi connectivity index (χ4v) is 3.03. The predicted octanol–water partition coefficient (Wildman–Crippen LogP) is 0.721. The van der Waals surface area contributed by atoms with Gasteiger partial charge in [-0.15, -0.1) is 0 Å². The summed E-state index contributed by atoms with van der Waals surface area (Å²) in [5, 5.41) is 26.5. The minimum Gasteiger partial charge on any atom is -0.394 e. The third-order valence-electron chi connectivity index (χ3n) is 5.62. The van der Waals surface area contributed by atoms with Crippen molar-refractivity contribution in [2.45, 2.75) is 65.1 Å². The summed E-state index contributed by atoms with van der Waals surface area (Å²) in [5.74, 6) is 0. The van der Waals surface area contributed by atoms with Crippen LogP contribution in [0.15, 0.2) is 0 Å². The molecule has 5 unspecified atom stereocenters. The van der Waals surface area contributed by atoms with E-state index >= 15 is 0 Å². The molecule has 0 aliphatic heterocycles. The van der Waals surface area contributed by atoms with Crippen LogP contribution in [-0.4, -0.2) is 192 Å². The van der Waals surface area contributed by atoms with Crippen LogP contribution in [0.25, 0.3) is 0 Å². The van der Waals surface area contributed by atoms with Gasteiger partial charge in [0.05, 0.1) is 169 Å². The summed E-state index contributed by atoms with van der Waals surface area (Å²) < 4.78 is 63.9. The average molecular weight is 693 g/mol. The van der Waals surface area contributed by atoms with Gasteiger partial charge in [-0.1, -0.05) is 0 Å². The Labute approximate surface area is 283 Å². The first-order valence-electron chi connectivity index (χ1n) is 16.7. The number of aliphatic hydroxyl groups excluding tert-OH is 3. The Hall–Kier alpha value is -0.600. The molecule has 0 amide bonds. The van der Waals surface area contributed by atoms with E-state index in [2.05, 4.69) is 0 Å². The van der Waals surface area contributed by atoms with E-state index in [0.717, 1.165) is 0 Å². The highest BCUT2D eigenvalue weighted by molar-refractivity contribution is 4.57. The zero-order valence-electron chi connectivity index (χ0n) is 30.0. The lowest BCUT2D eigenvalue weighted by Gasteiger charge is -2.21. The first-order valence-corrected chi connectivity index (χ1v) is 16.7. The molecule has 0 fully saturated rings. The van der Waals surface area contributed by atoms with Gasteiger partial charge in [-0.2, -0.15) is 0 Å². The minimum atomic E-state index is -0.463. The maximum Gasteiger partial charge on any atom is 0.0781 e. The van der Waals surface area contributed by atoms with Crippen molar-refractivity contribution in [3.8, 4) is 0 Å². The smallest absolute Gasteiger partial charge is 0.0781 e. The van der Waals surface area contributed by atoms with Gasteiger partial charge in [0.2, 0.25) is 0 Å². The van der Waals surface area contributed by atoms with Gasteiger partial charge >= 0.3 is 0 Å². The maximum atomic E-state index is 9.12. The summed E-state index contributed by atoms with van der Waals surface area (Å²) in [6, 6.07) is 0. The van der Waals surface area contributed by atoms with Gasteiger partial charge in [0.15, 0.2) is 0 Å². The van der Waals surface area contributed by atoms with Crippen LogP contribution in [0.5, 0.6) is 0 Å². The number of rotatable bonds is 36. The first kappa shape index (κ1) is 48.5. The topological polar surface area (TPSA) is 171 Å². The van der Waals surface area contributed by atoms with Crippen molar-refractivity contribution in [2.75, 3.05) is 146 Å². The molecule has 0 aromatic rings. The Morgan fingerprint density at radius 2 is 0.660 bits per heavy atom. The summed E-state index contributed by atoms with van der Waals surface area (Å²) in [4.78, 5) is 0. The molecule has 0 aromatic heterocycles. The van der Waals surface area contributed by atoms with Gasteiger partial charge in [0, 0.05) is 7.11 Å². The predicted molar refractivity (Wildman–Crippen MR) is 175 cm³/mol. The third kappa shape index (κ3) is 43.4. The standard InChI is InChI=1S/C17H36O9.C15H32O6/c1-19-4-5-21-8-9-23-12-13-25-16-17-26-15-14-24-11-10-22-7-6-20-3-2-18;1-11(17)7-18-13(3)9-20-15(5)10-21-14(4)8-19-12(2)6-16/h18H,2-17H2,1H3;11-17H,6-10H2,1-5H3. The highest BCUT2D eigenvalue weighted by Gasteiger charge is 2.11. The number of methoxy groups -OCH3 is 1. The summed E-state index contributed by atoms with van der Waals surface area (Å²) >= 11 is 0. The lowest BCUT2D eigenvalue weighted by Crippen LogP contribution is -2.28. The van der Waals surface area contributed by atoms with E-state index in [9.17, 15) is 0 Å². The van der Waals surface area contributed by atoms with E-state index < -0.39 is 6.10 Å². The molecule has 0 aromatic carbocycles. The Kier molecular flexibility index (Phi) is 41.1. The SMILES string of the molecule is CC(O)COC(C)COC(C)COC(C)COC(C)CO.COCCOCCOCCOCCOCCOCCOCCOCCO. The summed E-state index contributed by atoms with van der Waals surface area (Å²) in [7, 11) is 1.64. The van der Waals surface area contributed by atoms with Gasteiger partial charge in [0.25, 0.3) is 0 Å². The van der Waals surface area contributed by atoms with Crippen molar-refractivity contribution in [3.05, 3.63) is 0 Å². The molecule has 0 aliphatic rings. The number of hydrogen-bond donors (Lipinski definition) is 3. The van der Waals surface area contributed by atoms with E-state index in [1.807, 2.05) is 27.7 Å². The summed E-state index contributed by atoms with van der Waals surface area (Å²) in [6.07, 6.45) is -0.783. The van der Waals surface area contributed by atoms with Gasteiger partial charge in [-0.05, 0) is 34.6 Å². The van der Waals surface area contributed by atoms with Crippen LogP contribution < -0.4 is 0 Å². The summed E-state index contributed by atoms with van der Waals surface area (Å²) in [6.45, 7) is 18.9. The van der Waals surface area contributed by atoms with E-state index in [-0.39, 0.29) is 37.6 Å². The maximum absolute atomic E-state index is 9.12. The molecule has 15 nitrogen and oxygen atoms in total. The molecule has 0 spiro atoms. The molecule has 286 valence electrons. The fraction of sp³-hybridized carbons (Fsp3) is 1.00. The van der Waals surface area contributed by atoms with E-state index in [1.165, 1.54) is 0 Å². The molecule has 0 bridgehead atoms. The lowest BCUT2D eigenvalue weighted by atomic mass is 10.3. The van der Waals surface area contributed by atoms with E-state index in [1.54, 1.807) is 14.0 Å². The van der Waals surface area contributed by atoms with Crippen LogP contribution in [0.4, 0.5) is 0 Å². The van der Waals surface area contributed by atoms with Crippen LogP contribution in [0.3, 0.4) is 0 Å². The van der Waals surface area contributed by atoms with Gasteiger partial charge in [0.1, 0.15) is 0 Å². The highest BCUT2D eigenvalue weighted by Crippen LogP contribution is 2.02. The van der Waals surface area contributed by atoms with Gasteiger partial charge in [-0.25, -0.2) is 0 Å². The molecule has 0 radical (unpaired) electrons. The van der Waals surface area contributed by atoms with E-state index in [0.29, 0.717) is 126 Å². The van der Waals surface area contributed by atoms with Crippen LogP contribution in [0.1, 0.15) is 34.6 Å². The largest absolute Gasteiger partial charge is 0.394 e. The zero-order valence-corrected chi connectivity index (χ0v) is 30.0.